The van der Waals surface area contributed by atoms with Crippen molar-refractivity contribution in [1.29, 1.82) is 0 Å². The Morgan fingerprint density at radius 2 is 2.31 bits per heavy atom. The van der Waals surface area contributed by atoms with Gasteiger partial charge in [-0.15, -0.1) is 0 Å². The summed E-state index contributed by atoms with van der Waals surface area (Å²) >= 11 is 6.79. The molecule has 0 fully saturated rings. The van der Waals surface area contributed by atoms with Crippen molar-refractivity contribution in [1.82, 2.24) is 0 Å². The van der Waals surface area contributed by atoms with Crippen LogP contribution in [0.15, 0.2) is 29.0 Å². The Morgan fingerprint density at radius 3 is 2.85 bits per heavy atom. The lowest BCUT2D eigenvalue weighted by Gasteiger charge is -1.90. The summed E-state index contributed by atoms with van der Waals surface area (Å²) in [5.41, 5.74) is 1.25. The number of pyridine rings is 1. The smallest absolute Gasteiger partial charge is 0.185 e. The number of nitrogens with zero attached hydrogens (tertiary/aromatic N) is 1. The molecule has 1 nitrogen and oxygen atoms in total. The highest BCUT2D eigenvalue weighted by molar-refractivity contribution is 9.13. The number of rotatable bonds is 2. The van der Waals surface area contributed by atoms with E-state index in [2.05, 4.69) is 51.0 Å². The predicted molar refractivity (Wildman–Crippen MR) is 58.4 cm³/mol. The zero-order valence-electron chi connectivity index (χ0n) is 7.17. The van der Waals surface area contributed by atoms with Crippen molar-refractivity contribution < 1.29 is 21.5 Å². The molecular weight excluding hydrogens is 362 g/mol. The van der Waals surface area contributed by atoms with Crippen LogP contribution in [0.4, 0.5) is 0 Å². The number of halogens is 3. The van der Waals surface area contributed by atoms with Gasteiger partial charge in [0.15, 0.2) is 18.6 Å². The van der Waals surface area contributed by atoms with Gasteiger partial charge in [0, 0.05) is 17.0 Å². The van der Waals surface area contributed by atoms with Crippen molar-refractivity contribution in [3.63, 3.8) is 0 Å². The van der Waals surface area contributed by atoms with Crippen LogP contribution >= 0.6 is 31.9 Å². The standard InChI is InChI=1S/C9H10Br2N.BrH/c1-8-3-2-4-12(6-8)7-9(11)5-10;/h2-4,6-7H,5H2,1H3;1H/q+1;/p-1. The number of aromatic nitrogens is 1. The maximum absolute atomic E-state index is 3.43. The van der Waals surface area contributed by atoms with Crippen molar-refractivity contribution >= 4 is 38.1 Å². The molecule has 0 spiro atoms. The van der Waals surface area contributed by atoms with Crippen LogP contribution in [0.2, 0.25) is 0 Å². The van der Waals surface area contributed by atoms with Crippen LogP contribution in [0.25, 0.3) is 6.20 Å². The second-order valence-electron chi connectivity index (χ2n) is 2.54. The molecule has 0 saturated heterocycles. The van der Waals surface area contributed by atoms with Crippen LogP contribution in [0.5, 0.6) is 0 Å². The molecule has 1 rings (SSSR count). The molecule has 1 aromatic rings. The molecular formula is C9H10Br3N. The van der Waals surface area contributed by atoms with Crippen LogP contribution in [0, 0.1) is 6.92 Å². The lowest BCUT2D eigenvalue weighted by Crippen LogP contribution is -3.00. The van der Waals surface area contributed by atoms with E-state index in [1.165, 1.54) is 5.56 Å². The molecule has 0 aromatic carbocycles. The first kappa shape index (κ1) is 13.3. The third-order valence-electron chi connectivity index (χ3n) is 1.39. The minimum absolute atomic E-state index is 0. The number of hydrogen-bond donors (Lipinski definition) is 0. The normalized spacial score (nSPS) is 10.8. The largest absolute Gasteiger partial charge is 1.00 e. The predicted octanol–water partition coefficient (Wildman–Crippen LogP) is -0.125. The molecule has 4 heteroatoms. The molecule has 1 heterocycles. The molecule has 0 unspecified atom stereocenters. The van der Waals surface area contributed by atoms with E-state index in [0.29, 0.717) is 0 Å². The highest BCUT2D eigenvalue weighted by Crippen LogP contribution is 2.06. The Balaban J connectivity index is 0.00000144. The average molecular weight is 372 g/mol. The maximum atomic E-state index is 3.43. The van der Waals surface area contributed by atoms with Gasteiger partial charge in [-0.05, 0) is 28.9 Å². The monoisotopic (exact) mass is 369 g/mol. The summed E-state index contributed by atoms with van der Waals surface area (Å²) in [5, 5.41) is 0.841. The molecule has 0 aliphatic heterocycles. The fourth-order valence-electron chi connectivity index (χ4n) is 0.892. The van der Waals surface area contributed by atoms with E-state index in [0.717, 1.165) is 9.81 Å². The minimum Gasteiger partial charge on any atom is -1.00 e. The summed E-state index contributed by atoms with van der Waals surface area (Å²) in [7, 11) is 0. The van der Waals surface area contributed by atoms with Gasteiger partial charge in [-0.25, -0.2) is 0 Å². The Hall–Kier alpha value is 0.330. The Labute approximate surface area is 106 Å². The molecule has 0 atom stereocenters. The second-order valence-corrected chi connectivity index (χ2v) is 4.12. The first-order chi connectivity index (χ1) is 5.72. The number of aryl methyl sites for hydroxylation is 1. The van der Waals surface area contributed by atoms with Crippen LogP contribution < -0.4 is 21.5 Å². The van der Waals surface area contributed by atoms with E-state index in [4.69, 9.17) is 0 Å². The molecule has 0 amide bonds. The van der Waals surface area contributed by atoms with Crippen molar-refractivity contribution in [2.75, 3.05) is 5.33 Å². The highest BCUT2D eigenvalue weighted by Gasteiger charge is 1.97. The first-order valence-electron chi connectivity index (χ1n) is 3.62. The molecule has 0 aliphatic rings. The van der Waals surface area contributed by atoms with Gasteiger partial charge < -0.3 is 17.0 Å². The van der Waals surface area contributed by atoms with E-state index in [9.17, 15) is 0 Å². The van der Waals surface area contributed by atoms with Crippen LogP contribution in [-0.2, 0) is 0 Å². The summed E-state index contributed by atoms with van der Waals surface area (Å²) in [6, 6.07) is 4.10. The van der Waals surface area contributed by atoms with Crippen LogP contribution in [0.3, 0.4) is 0 Å². The summed E-state index contributed by atoms with van der Waals surface area (Å²) in [4.78, 5) is 0. The van der Waals surface area contributed by atoms with E-state index in [1.54, 1.807) is 0 Å². The Kier molecular flexibility index (Phi) is 6.91. The third-order valence-corrected chi connectivity index (χ3v) is 3.23. The van der Waals surface area contributed by atoms with Crippen molar-refractivity contribution in [2.24, 2.45) is 0 Å². The summed E-state index contributed by atoms with van der Waals surface area (Å²) in [5.74, 6) is 0. The highest BCUT2D eigenvalue weighted by atomic mass is 79.9. The zero-order chi connectivity index (χ0) is 8.97. The van der Waals surface area contributed by atoms with E-state index in [-0.39, 0.29) is 17.0 Å². The van der Waals surface area contributed by atoms with Gasteiger partial charge in [0.05, 0.1) is 4.48 Å². The summed E-state index contributed by atoms with van der Waals surface area (Å²) in [6.07, 6.45) is 6.11. The fraction of sp³-hybridized carbons (Fsp3) is 0.222. The fourth-order valence-corrected chi connectivity index (χ4v) is 1.27. The molecule has 0 saturated carbocycles. The molecule has 0 aliphatic carbocycles. The van der Waals surface area contributed by atoms with E-state index >= 15 is 0 Å². The van der Waals surface area contributed by atoms with Gasteiger partial charge in [0.2, 0.25) is 0 Å². The van der Waals surface area contributed by atoms with Crippen molar-refractivity contribution in [2.45, 2.75) is 6.92 Å². The molecule has 0 radical (unpaired) electrons. The average Bonchev–Trinajstić information content (AvgIpc) is 2.04. The van der Waals surface area contributed by atoms with Crippen molar-refractivity contribution in [3.05, 3.63) is 34.6 Å². The quantitative estimate of drug-likeness (QED) is 0.504. The van der Waals surface area contributed by atoms with Gasteiger partial charge in [-0.1, -0.05) is 15.9 Å². The lowest BCUT2D eigenvalue weighted by atomic mass is 10.3. The number of hydrogen-bond acceptors (Lipinski definition) is 0. The lowest BCUT2D eigenvalue weighted by molar-refractivity contribution is -0.568. The topological polar surface area (TPSA) is 3.88 Å². The summed E-state index contributed by atoms with van der Waals surface area (Å²) < 4.78 is 3.15. The van der Waals surface area contributed by atoms with Crippen LogP contribution in [-0.4, -0.2) is 5.33 Å². The van der Waals surface area contributed by atoms with Gasteiger partial charge in [0.25, 0.3) is 0 Å². The third kappa shape index (κ3) is 4.93. The molecule has 72 valence electrons. The number of alkyl halides is 1. The summed E-state index contributed by atoms with van der Waals surface area (Å²) in [6.45, 7) is 2.08. The molecule has 0 N–H and O–H groups in total. The van der Waals surface area contributed by atoms with E-state index in [1.807, 2.05) is 23.0 Å². The molecule has 13 heavy (non-hydrogen) atoms. The number of allylic oxidation sites excluding steroid dienone is 1. The van der Waals surface area contributed by atoms with Gasteiger partial charge >= 0.3 is 0 Å². The maximum Gasteiger partial charge on any atom is 0.185 e. The first-order valence-corrected chi connectivity index (χ1v) is 5.53. The van der Waals surface area contributed by atoms with Gasteiger partial charge in [0.1, 0.15) is 0 Å². The zero-order valence-corrected chi connectivity index (χ0v) is 11.9. The molecule has 0 bridgehead atoms. The Morgan fingerprint density at radius 1 is 1.62 bits per heavy atom. The minimum atomic E-state index is 0. The van der Waals surface area contributed by atoms with Gasteiger partial charge in [-0.3, -0.25) is 0 Å². The van der Waals surface area contributed by atoms with Crippen LogP contribution in [0.1, 0.15) is 5.56 Å². The SMILES string of the molecule is Cc1ccc[n+](C=C(Br)CBr)c1.[Br-]. The van der Waals surface area contributed by atoms with E-state index < -0.39 is 0 Å². The van der Waals surface area contributed by atoms with Crippen molar-refractivity contribution in [3.8, 4) is 0 Å². The molecule has 1 aromatic heterocycles. The Bertz CT molecular complexity index is 297. The second kappa shape index (κ2) is 6.74. The van der Waals surface area contributed by atoms with Gasteiger partial charge in [-0.2, -0.15) is 4.57 Å².